The number of hydrogen-bond donors (Lipinski definition) is 2. The van der Waals surface area contributed by atoms with Gasteiger partial charge in [-0.1, -0.05) is 236 Å². The number of phenols is 2. The summed E-state index contributed by atoms with van der Waals surface area (Å²) in [6, 6.07) is 18.1. The maximum absolute atomic E-state index is 10.0. The number of nitrogens with zero attached hydrogens (tertiary/aromatic N) is 9. The van der Waals surface area contributed by atoms with Gasteiger partial charge in [0.25, 0.3) is 0 Å². The summed E-state index contributed by atoms with van der Waals surface area (Å²) >= 11 is 107. The molecule has 0 aliphatic carbocycles. The van der Waals surface area contributed by atoms with Gasteiger partial charge in [-0.25, -0.2) is 9.97 Å². The Bertz CT molecular complexity index is 4090. The summed E-state index contributed by atoms with van der Waals surface area (Å²) in [5, 5.41) is 20.6. The second-order valence-electron chi connectivity index (χ2n) is 16.0. The number of aliphatic imine (C=N–C) groups is 1. The fourth-order valence-corrected chi connectivity index (χ4v) is 12.3. The zero-order valence-electron chi connectivity index (χ0n) is 36.9. The van der Waals surface area contributed by atoms with Gasteiger partial charge in [0.15, 0.2) is 0 Å². The molecular weight excluding hydrogens is 1450 g/mol. The Morgan fingerprint density at radius 2 is 0.671 bits per heavy atom. The van der Waals surface area contributed by atoms with E-state index in [1.807, 2.05) is 30.3 Å². The maximum Gasteiger partial charge on any atom is 0.141 e. The molecule has 0 saturated heterocycles. The van der Waals surface area contributed by atoms with Gasteiger partial charge in [-0.15, -0.1) is 0 Å². The van der Waals surface area contributed by atoms with Crippen molar-refractivity contribution in [1.82, 2.24) is 39.9 Å². The minimum absolute atomic E-state index is 0. The van der Waals surface area contributed by atoms with E-state index >= 15 is 0 Å². The van der Waals surface area contributed by atoms with Crippen LogP contribution in [0.2, 0.25) is 80.4 Å². The molecule has 0 unspecified atom stereocenters. The molecule has 12 rings (SSSR count). The van der Waals surface area contributed by atoms with Gasteiger partial charge in [0, 0.05) is 112 Å². The second kappa shape index (κ2) is 24.0. The zero-order valence-corrected chi connectivity index (χ0v) is 50.9. The van der Waals surface area contributed by atoms with Crippen molar-refractivity contribution >= 4 is 252 Å². The number of halogens is 16. The van der Waals surface area contributed by atoms with Crippen LogP contribution in [0.4, 0.5) is 5.69 Å². The fraction of sp³-hybridized carbons (Fsp3) is 0.0200. The molecule has 3 aromatic heterocycles. The van der Waals surface area contributed by atoms with Gasteiger partial charge in [-0.2, -0.15) is 0 Å². The van der Waals surface area contributed by atoms with Gasteiger partial charge >= 0.3 is 0 Å². The number of rotatable bonds is 2. The Hall–Kier alpha value is -2.89. The predicted octanol–water partition coefficient (Wildman–Crippen LogP) is 21.2. The van der Waals surface area contributed by atoms with Crippen LogP contribution in [-0.4, -0.2) is 46.3 Å². The number of phenolic OH excluding ortho intramolecular Hbond substituents is 2. The molecule has 8 bridgehead atoms. The molecule has 10 aromatic rings. The number of aromatic hydroxyl groups is 2. The first-order valence-corrected chi connectivity index (χ1v) is 26.9. The van der Waals surface area contributed by atoms with Crippen molar-refractivity contribution in [2.45, 2.75) is 7.43 Å². The van der Waals surface area contributed by atoms with E-state index in [0.29, 0.717) is 11.3 Å². The van der Waals surface area contributed by atoms with Gasteiger partial charge in [0.2, 0.25) is 0 Å². The second-order valence-corrected chi connectivity index (χ2v) is 22.0. The average Bonchev–Trinajstić information content (AvgIpc) is 4.16. The summed E-state index contributed by atoms with van der Waals surface area (Å²) in [5.41, 5.74) is 1.12. The third-order valence-electron chi connectivity index (χ3n) is 11.7. The van der Waals surface area contributed by atoms with Crippen molar-refractivity contribution < 1.29 is 44.4 Å². The third kappa shape index (κ3) is 10.3. The van der Waals surface area contributed by atoms with Crippen LogP contribution in [0.5, 0.6) is 11.5 Å². The summed E-state index contributed by atoms with van der Waals surface area (Å²) in [4.78, 5) is 42.0. The first-order chi connectivity index (χ1) is 36.2. The van der Waals surface area contributed by atoms with Crippen molar-refractivity contribution in [3.63, 3.8) is 0 Å². The molecular formula is C50H17Cl16Cu2N9O2-2. The van der Waals surface area contributed by atoms with Gasteiger partial charge < -0.3 is 40.1 Å². The fourth-order valence-electron chi connectivity index (χ4n) is 8.23. The van der Waals surface area contributed by atoms with E-state index in [1.165, 1.54) is 0 Å². The van der Waals surface area contributed by atoms with Crippen molar-refractivity contribution in [1.29, 1.82) is 0 Å². The van der Waals surface area contributed by atoms with Crippen LogP contribution in [-0.2, 0) is 34.1 Å². The van der Waals surface area contributed by atoms with Crippen molar-refractivity contribution in [3.8, 4) is 57.1 Å². The molecule has 0 saturated carbocycles. The number of hydrogen-bond acceptors (Lipinski definition) is 9. The van der Waals surface area contributed by atoms with E-state index in [0.717, 1.165) is 10.8 Å². The summed E-state index contributed by atoms with van der Waals surface area (Å²) in [6.45, 7) is 0. The van der Waals surface area contributed by atoms with Gasteiger partial charge in [-0.05, 0) is 29.0 Å². The van der Waals surface area contributed by atoms with Crippen LogP contribution in [0.3, 0.4) is 0 Å². The summed E-state index contributed by atoms with van der Waals surface area (Å²) in [5.74, 6) is -0.154. The molecule has 5 heterocycles. The molecule has 79 heavy (non-hydrogen) atoms. The minimum Gasteiger partial charge on any atom is -0.507 e. The Balaban J connectivity index is 0.000000302. The number of para-hydroxylation sites is 2. The Kier molecular flexibility index (Phi) is 18.9. The quantitative estimate of drug-likeness (QED) is 0.0738. The molecule has 2 N–H and O–H groups in total. The number of aromatic nitrogens is 8. The molecule has 2 aliphatic rings. The van der Waals surface area contributed by atoms with E-state index in [1.54, 1.807) is 36.5 Å². The van der Waals surface area contributed by atoms with Crippen molar-refractivity contribution in [3.05, 3.63) is 147 Å². The molecule has 2 aliphatic heterocycles. The Morgan fingerprint density at radius 1 is 0.354 bits per heavy atom. The van der Waals surface area contributed by atoms with Gasteiger partial charge in [0.1, 0.15) is 17.2 Å². The smallest absolute Gasteiger partial charge is 0.141 e. The largest absolute Gasteiger partial charge is 0.507 e. The van der Waals surface area contributed by atoms with E-state index < -0.39 is 0 Å². The van der Waals surface area contributed by atoms with E-state index in [-0.39, 0.29) is 223 Å². The summed E-state index contributed by atoms with van der Waals surface area (Å²) < 4.78 is 0. The first kappa shape index (κ1) is 62.2. The monoisotopic (exact) mass is 1460 g/mol. The molecule has 0 spiro atoms. The zero-order chi connectivity index (χ0) is 54.1. The molecule has 0 amide bonds. The summed E-state index contributed by atoms with van der Waals surface area (Å²) in [6.07, 6.45) is 1.58. The van der Waals surface area contributed by atoms with Gasteiger partial charge in [0.05, 0.1) is 104 Å². The van der Waals surface area contributed by atoms with Crippen LogP contribution < -0.4 is 9.97 Å². The first-order valence-electron chi connectivity index (χ1n) is 20.9. The third-order valence-corrected chi connectivity index (χ3v) is 18.9. The van der Waals surface area contributed by atoms with Crippen molar-refractivity contribution in [2.75, 3.05) is 0 Å². The van der Waals surface area contributed by atoms with Crippen LogP contribution in [0.1, 0.15) is 13.0 Å². The van der Waals surface area contributed by atoms with Crippen LogP contribution in [0.15, 0.2) is 65.7 Å². The Morgan fingerprint density at radius 3 is 1.03 bits per heavy atom. The van der Waals surface area contributed by atoms with Crippen LogP contribution >= 0.6 is 186 Å². The standard InChI is InChI=1S/C32Cl16N8.C17H13NO2.CH4.2Cu/c33-9-1-2(10(34)18(42)17(9)41)26-49-25(1)53-27-3-4(12(36)20(44)19(43)11(3)35)29(50-27)55-31-7-8(16(40)24(48)23(47)15(7)39)32(52-31)56-30-6-5(28(51-30)54-26)13(37)21(45)22(46)14(6)38;19-16-10-9-12-5-1-2-6-13(12)14(16)11-18-15-7-3-4-8-17(15)20;;;/h;1-11,19-20H;1H4;;/q-2;;;;. The number of fused-ring (bicyclic) bond motifs is 21. The molecule has 0 atom stereocenters. The maximum atomic E-state index is 10.0. The Labute approximate surface area is 546 Å². The number of benzene rings is 7. The van der Waals surface area contributed by atoms with E-state index in [4.69, 9.17) is 206 Å². The average molecular weight is 1470 g/mol. The van der Waals surface area contributed by atoms with Crippen LogP contribution in [0.25, 0.3) is 100 Å². The molecule has 29 heteroatoms. The van der Waals surface area contributed by atoms with E-state index in [9.17, 15) is 10.2 Å². The molecule has 2 radical (unpaired) electrons. The normalized spacial score (nSPS) is 11.5. The van der Waals surface area contributed by atoms with Crippen molar-refractivity contribution in [2.24, 2.45) is 4.99 Å². The minimum atomic E-state index is -0.109. The van der Waals surface area contributed by atoms with E-state index in [2.05, 4.69) is 24.9 Å². The van der Waals surface area contributed by atoms with Crippen LogP contribution in [0, 0.1) is 0 Å². The SMILES string of the molecule is C.Clc1c(Cl)c(Cl)c2c(c1Cl)-c1nc-2nc2[n-]c(nc3nc(nc4[n-]c(n1)c1c(Cl)c(Cl)c(Cl)c(Cl)c41)-c1c(Cl)c(Cl)c(Cl)c(Cl)c1-3)c1c(Cl)c(Cl)c(Cl)c(Cl)c21.Oc1ccccc1N=Cc1c(O)ccc2ccccc12.[Cu].[Cu]. The topological polar surface area (TPSA) is 158 Å². The predicted molar refractivity (Wildman–Crippen MR) is 322 cm³/mol. The molecule has 7 aromatic carbocycles. The molecule has 11 nitrogen and oxygen atoms in total. The molecule has 0 fully saturated rings. The molecule has 410 valence electrons. The van der Waals surface area contributed by atoms with Gasteiger partial charge in [-0.3, -0.25) is 4.99 Å². The summed E-state index contributed by atoms with van der Waals surface area (Å²) in [7, 11) is 0.